The van der Waals surface area contributed by atoms with Gasteiger partial charge >= 0.3 is 5.97 Å². The van der Waals surface area contributed by atoms with Crippen molar-refractivity contribution in [2.75, 3.05) is 0 Å². The van der Waals surface area contributed by atoms with Crippen LogP contribution in [-0.2, 0) is 4.79 Å². The van der Waals surface area contributed by atoms with Gasteiger partial charge in [0.25, 0.3) is 0 Å². The smallest absolute Gasteiger partial charge is 0.332 e. The molecule has 0 radical (unpaired) electrons. The molecule has 0 aromatic rings. The van der Waals surface area contributed by atoms with E-state index in [9.17, 15) is 9.90 Å². The molecule has 120 valence electrons. The third-order valence-corrected chi connectivity index (χ3v) is 4.06. The molecule has 0 aliphatic rings. The predicted octanol–water partition coefficient (Wildman–Crippen LogP) is 4.77. The van der Waals surface area contributed by atoms with E-state index in [0.29, 0.717) is 0 Å². The number of carboxylic acid groups (broad SMARTS) is 1. The lowest BCUT2D eigenvalue weighted by atomic mass is 9.89. The van der Waals surface area contributed by atoms with E-state index in [-0.39, 0.29) is 5.92 Å². The molecular weight excluding hydrogens is 252 g/mol. The van der Waals surface area contributed by atoms with Crippen molar-refractivity contribution in [2.24, 2.45) is 5.92 Å². The zero-order valence-electron chi connectivity index (χ0n) is 13.4. The van der Waals surface area contributed by atoms with Crippen LogP contribution in [0.1, 0.15) is 90.9 Å². The largest absolute Gasteiger partial charge is 0.479 e. The first kappa shape index (κ1) is 19.4. The minimum absolute atomic E-state index is 0.0597. The first-order valence-electron chi connectivity index (χ1n) is 8.54. The Bertz CT molecular complexity index is 228. The Hall–Kier alpha value is -0.570. The summed E-state index contributed by atoms with van der Waals surface area (Å²) >= 11 is 0. The van der Waals surface area contributed by atoms with Crippen LogP contribution in [0.3, 0.4) is 0 Å². The molecule has 0 aromatic heterocycles. The summed E-state index contributed by atoms with van der Waals surface area (Å²) in [5.74, 6) is -1.12. The predicted molar refractivity (Wildman–Crippen MR) is 83.9 cm³/mol. The molecule has 0 aliphatic carbocycles. The second kappa shape index (κ2) is 13.4. The van der Waals surface area contributed by atoms with Crippen molar-refractivity contribution in [3.8, 4) is 0 Å². The van der Waals surface area contributed by atoms with Gasteiger partial charge in [-0.3, -0.25) is 0 Å². The van der Waals surface area contributed by atoms with Gasteiger partial charge < -0.3 is 10.2 Å². The lowest BCUT2D eigenvalue weighted by Gasteiger charge is -2.19. The van der Waals surface area contributed by atoms with Gasteiger partial charge in [-0.2, -0.15) is 0 Å². The lowest BCUT2D eigenvalue weighted by molar-refractivity contribution is -0.150. The van der Waals surface area contributed by atoms with Crippen LogP contribution in [-0.4, -0.2) is 22.3 Å². The minimum Gasteiger partial charge on any atom is -0.479 e. The Morgan fingerprint density at radius 2 is 1.20 bits per heavy atom. The lowest BCUT2D eigenvalue weighted by Crippen LogP contribution is -2.29. The number of rotatable bonds is 14. The summed E-state index contributed by atoms with van der Waals surface area (Å²) < 4.78 is 0. The fraction of sp³-hybridized carbons (Fsp3) is 0.941. The van der Waals surface area contributed by atoms with E-state index >= 15 is 0 Å². The average molecular weight is 286 g/mol. The molecule has 0 saturated heterocycles. The SMILES string of the molecule is CCCCCCCCC(CCCCCC)C(O)C(=O)O. The van der Waals surface area contributed by atoms with E-state index in [2.05, 4.69) is 13.8 Å². The standard InChI is InChI=1S/C17H34O3/c1-3-5-7-9-10-12-14-15(16(18)17(19)20)13-11-8-6-4-2/h15-16,18H,3-14H2,1-2H3,(H,19,20). The van der Waals surface area contributed by atoms with Gasteiger partial charge in [-0.05, 0) is 18.8 Å². The van der Waals surface area contributed by atoms with E-state index in [1.54, 1.807) is 0 Å². The zero-order valence-corrected chi connectivity index (χ0v) is 13.4. The Labute approximate surface area is 124 Å². The van der Waals surface area contributed by atoms with Crippen LogP contribution < -0.4 is 0 Å². The van der Waals surface area contributed by atoms with Gasteiger partial charge in [0.2, 0.25) is 0 Å². The van der Waals surface area contributed by atoms with Crippen LogP contribution in [0.25, 0.3) is 0 Å². The van der Waals surface area contributed by atoms with Gasteiger partial charge in [0.1, 0.15) is 0 Å². The van der Waals surface area contributed by atoms with Crippen LogP contribution >= 0.6 is 0 Å². The second-order valence-electron chi connectivity index (χ2n) is 5.95. The molecule has 20 heavy (non-hydrogen) atoms. The molecule has 2 unspecified atom stereocenters. The fourth-order valence-electron chi connectivity index (χ4n) is 2.68. The Balaban J connectivity index is 3.89. The van der Waals surface area contributed by atoms with Crippen molar-refractivity contribution in [3.05, 3.63) is 0 Å². The van der Waals surface area contributed by atoms with Crippen molar-refractivity contribution in [3.63, 3.8) is 0 Å². The van der Waals surface area contributed by atoms with Crippen molar-refractivity contribution < 1.29 is 15.0 Å². The summed E-state index contributed by atoms with van der Waals surface area (Å²) in [5.41, 5.74) is 0. The van der Waals surface area contributed by atoms with Gasteiger partial charge in [0.05, 0.1) is 0 Å². The highest BCUT2D eigenvalue weighted by Crippen LogP contribution is 2.22. The van der Waals surface area contributed by atoms with Crippen LogP contribution in [0.5, 0.6) is 0 Å². The number of carbonyl (C=O) groups is 1. The summed E-state index contributed by atoms with van der Waals surface area (Å²) in [6.45, 7) is 4.37. The third-order valence-electron chi connectivity index (χ3n) is 4.06. The van der Waals surface area contributed by atoms with Gasteiger partial charge in [-0.1, -0.05) is 78.1 Å². The number of aliphatic hydroxyl groups excluding tert-OH is 1. The van der Waals surface area contributed by atoms with E-state index in [0.717, 1.165) is 38.5 Å². The highest BCUT2D eigenvalue weighted by Gasteiger charge is 2.24. The highest BCUT2D eigenvalue weighted by atomic mass is 16.4. The highest BCUT2D eigenvalue weighted by molar-refractivity contribution is 5.72. The molecule has 0 saturated carbocycles. The first-order chi connectivity index (χ1) is 9.63. The fourth-order valence-corrected chi connectivity index (χ4v) is 2.68. The van der Waals surface area contributed by atoms with E-state index in [1.165, 1.54) is 38.5 Å². The zero-order chi connectivity index (χ0) is 15.2. The van der Waals surface area contributed by atoms with Gasteiger partial charge in [-0.15, -0.1) is 0 Å². The molecule has 0 amide bonds. The average Bonchev–Trinajstić information content (AvgIpc) is 2.44. The third kappa shape index (κ3) is 10.2. The molecule has 3 nitrogen and oxygen atoms in total. The van der Waals surface area contributed by atoms with Crippen molar-refractivity contribution in [2.45, 2.75) is 97.0 Å². The van der Waals surface area contributed by atoms with E-state index in [4.69, 9.17) is 5.11 Å². The molecule has 0 heterocycles. The summed E-state index contributed by atoms with van der Waals surface area (Å²) in [5, 5.41) is 18.8. The van der Waals surface area contributed by atoms with Crippen molar-refractivity contribution in [1.82, 2.24) is 0 Å². The molecule has 2 atom stereocenters. The topological polar surface area (TPSA) is 57.5 Å². The van der Waals surface area contributed by atoms with Crippen molar-refractivity contribution in [1.29, 1.82) is 0 Å². The maximum atomic E-state index is 11.0. The Morgan fingerprint density at radius 1 is 0.800 bits per heavy atom. The molecule has 3 heteroatoms. The summed E-state index contributed by atoms with van der Waals surface area (Å²) in [6.07, 6.45) is 12.4. The Morgan fingerprint density at radius 3 is 1.65 bits per heavy atom. The number of hydrogen-bond donors (Lipinski definition) is 2. The molecule has 0 rings (SSSR count). The molecule has 0 fully saturated rings. The molecule has 0 bridgehead atoms. The second-order valence-corrected chi connectivity index (χ2v) is 5.95. The summed E-state index contributed by atoms with van der Waals surface area (Å²) in [4.78, 5) is 11.0. The molecule has 0 aromatic carbocycles. The first-order valence-corrected chi connectivity index (χ1v) is 8.54. The molecule has 0 aliphatic heterocycles. The van der Waals surface area contributed by atoms with Gasteiger partial charge in [-0.25, -0.2) is 4.79 Å². The molecule has 2 N–H and O–H groups in total. The monoisotopic (exact) mass is 286 g/mol. The van der Waals surface area contributed by atoms with Crippen LogP contribution in [0.4, 0.5) is 0 Å². The van der Waals surface area contributed by atoms with Crippen LogP contribution in [0, 0.1) is 5.92 Å². The van der Waals surface area contributed by atoms with Crippen LogP contribution in [0.2, 0.25) is 0 Å². The number of aliphatic hydroxyl groups is 1. The summed E-state index contributed by atoms with van der Waals surface area (Å²) in [7, 11) is 0. The normalized spacial score (nSPS) is 14.2. The van der Waals surface area contributed by atoms with Crippen LogP contribution in [0.15, 0.2) is 0 Å². The molecule has 0 spiro atoms. The van der Waals surface area contributed by atoms with Gasteiger partial charge in [0.15, 0.2) is 6.10 Å². The maximum Gasteiger partial charge on any atom is 0.332 e. The molecular formula is C17H34O3. The number of carboxylic acids is 1. The van der Waals surface area contributed by atoms with E-state index < -0.39 is 12.1 Å². The maximum absolute atomic E-state index is 11.0. The number of aliphatic carboxylic acids is 1. The quantitative estimate of drug-likeness (QED) is 0.452. The van der Waals surface area contributed by atoms with Gasteiger partial charge in [0, 0.05) is 0 Å². The van der Waals surface area contributed by atoms with Crippen molar-refractivity contribution >= 4 is 5.97 Å². The van der Waals surface area contributed by atoms with E-state index in [1.807, 2.05) is 0 Å². The number of hydrogen-bond acceptors (Lipinski definition) is 2. The summed E-state index contributed by atoms with van der Waals surface area (Å²) in [6, 6.07) is 0. The Kier molecular flexibility index (Phi) is 13.0. The minimum atomic E-state index is -1.17. The number of unbranched alkanes of at least 4 members (excludes halogenated alkanes) is 8.